The monoisotopic (exact) mass is 349 g/mol. The molecule has 2 saturated heterocycles. The number of halogens is 2. The summed E-state index contributed by atoms with van der Waals surface area (Å²) in [4.78, 5) is 0. The third kappa shape index (κ3) is 2.60. The quantitative estimate of drug-likeness (QED) is 0.790. The predicted molar refractivity (Wildman–Crippen MR) is 91.4 cm³/mol. The van der Waals surface area contributed by atoms with E-state index in [-0.39, 0.29) is 0 Å². The Bertz CT molecular complexity index is 743. The van der Waals surface area contributed by atoms with Gasteiger partial charge in [-0.2, -0.15) is 0 Å². The van der Waals surface area contributed by atoms with Crippen LogP contribution in [0.15, 0.2) is 23.9 Å². The SMILES string of the molecule is CC1(C)OB(C(F)=C2CC3(CNC3)Oc3ccc(F)cc32)OC1(C)C. The van der Waals surface area contributed by atoms with Crippen LogP contribution in [0, 0.1) is 5.82 Å². The molecule has 0 saturated carbocycles. The second-order valence-electron chi connectivity index (χ2n) is 8.12. The molecule has 0 unspecified atom stereocenters. The molecule has 0 atom stereocenters. The molecule has 1 N–H and O–H groups in total. The Morgan fingerprint density at radius 3 is 2.32 bits per heavy atom. The van der Waals surface area contributed by atoms with Crippen molar-refractivity contribution >= 4 is 12.7 Å². The molecule has 3 aliphatic rings. The van der Waals surface area contributed by atoms with Gasteiger partial charge in [0.2, 0.25) is 0 Å². The molecule has 3 aliphatic heterocycles. The molecule has 0 bridgehead atoms. The highest BCUT2D eigenvalue weighted by Gasteiger charge is 2.55. The lowest BCUT2D eigenvalue weighted by atomic mass is 9.76. The highest BCUT2D eigenvalue weighted by Crippen LogP contribution is 2.46. The van der Waals surface area contributed by atoms with Gasteiger partial charge < -0.3 is 19.4 Å². The van der Waals surface area contributed by atoms with E-state index in [4.69, 9.17) is 14.0 Å². The fraction of sp³-hybridized carbons (Fsp3) is 0.556. The molecule has 134 valence electrons. The molecule has 2 fully saturated rings. The van der Waals surface area contributed by atoms with Crippen LogP contribution in [-0.4, -0.2) is 37.0 Å². The topological polar surface area (TPSA) is 39.7 Å². The zero-order valence-corrected chi connectivity index (χ0v) is 14.9. The van der Waals surface area contributed by atoms with Crippen LogP contribution in [0.2, 0.25) is 0 Å². The van der Waals surface area contributed by atoms with E-state index in [1.54, 1.807) is 6.07 Å². The van der Waals surface area contributed by atoms with Crippen LogP contribution in [0.4, 0.5) is 8.78 Å². The number of rotatable bonds is 1. The normalized spacial score (nSPS) is 27.5. The maximum absolute atomic E-state index is 15.4. The van der Waals surface area contributed by atoms with Gasteiger partial charge in [0.05, 0.1) is 11.2 Å². The first kappa shape index (κ1) is 17.0. The molecule has 7 heteroatoms. The second-order valence-corrected chi connectivity index (χ2v) is 8.12. The number of hydrogen-bond acceptors (Lipinski definition) is 4. The first-order valence-electron chi connectivity index (χ1n) is 8.56. The predicted octanol–water partition coefficient (Wildman–Crippen LogP) is 3.26. The summed E-state index contributed by atoms with van der Waals surface area (Å²) in [5, 5.41) is 3.16. The highest BCUT2D eigenvalue weighted by molar-refractivity contribution is 6.55. The standard InChI is InChI=1S/C18H22BF2NO3/c1-16(2)17(3,4)25-19(24-16)15(21)13-8-18(9-22-10-18)23-14-6-5-11(20)7-12(13)14/h5-7,22H,8-10H2,1-4H3. The molecule has 1 aromatic rings. The van der Waals surface area contributed by atoms with Crippen LogP contribution in [0.5, 0.6) is 5.75 Å². The summed E-state index contributed by atoms with van der Waals surface area (Å²) in [5.41, 5.74) is -1.42. The molecule has 0 amide bonds. The third-order valence-corrected chi connectivity index (χ3v) is 5.73. The summed E-state index contributed by atoms with van der Waals surface area (Å²) < 4.78 is 46.9. The fourth-order valence-corrected chi connectivity index (χ4v) is 3.42. The molecular formula is C18H22BF2NO3. The summed E-state index contributed by atoms with van der Waals surface area (Å²) in [6, 6.07) is 4.20. The van der Waals surface area contributed by atoms with E-state index >= 15 is 4.39 Å². The largest absolute Gasteiger partial charge is 0.525 e. The zero-order chi connectivity index (χ0) is 18.0. The van der Waals surface area contributed by atoms with E-state index < -0.39 is 35.5 Å². The Morgan fingerprint density at radius 2 is 1.76 bits per heavy atom. The van der Waals surface area contributed by atoms with Crippen molar-refractivity contribution in [1.29, 1.82) is 0 Å². The van der Waals surface area contributed by atoms with Gasteiger partial charge in [0.25, 0.3) is 0 Å². The maximum atomic E-state index is 15.4. The van der Waals surface area contributed by atoms with Gasteiger partial charge in [0, 0.05) is 25.1 Å². The van der Waals surface area contributed by atoms with Gasteiger partial charge in [-0.3, -0.25) is 0 Å². The minimum Gasteiger partial charge on any atom is -0.484 e. The van der Waals surface area contributed by atoms with E-state index in [9.17, 15) is 4.39 Å². The van der Waals surface area contributed by atoms with Gasteiger partial charge in [0.1, 0.15) is 22.9 Å². The Labute approximate surface area is 146 Å². The Balaban J connectivity index is 1.78. The molecule has 25 heavy (non-hydrogen) atoms. The Kier molecular flexibility index (Phi) is 3.59. The van der Waals surface area contributed by atoms with Crippen molar-refractivity contribution in [2.75, 3.05) is 13.1 Å². The van der Waals surface area contributed by atoms with Gasteiger partial charge in [-0.1, -0.05) is 0 Å². The van der Waals surface area contributed by atoms with Crippen LogP contribution in [0.3, 0.4) is 0 Å². The summed E-state index contributed by atoms with van der Waals surface area (Å²) in [6.07, 6.45) is 0.354. The number of fused-ring (bicyclic) bond motifs is 1. The van der Waals surface area contributed by atoms with Gasteiger partial charge in [0.15, 0.2) is 0 Å². The summed E-state index contributed by atoms with van der Waals surface area (Å²) in [5.74, 6) is 0.0695. The van der Waals surface area contributed by atoms with Gasteiger partial charge in [-0.15, -0.1) is 0 Å². The minimum absolute atomic E-state index is 0.354. The van der Waals surface area contributed by atoms with Crippen molar-refractivity contribution in [3.63, 3.8) is 0 Å². The van der Waals surface area contributed by atoms with E-state index in [2.05, 4.69) is 5.32 Å². The number of nitrogens with one attached hydrogen (secondary N) is 1. The van der Waals surface area contributed by atoms with E-state index in [1.807, 2.05) is 27.7 Å². The molecule has 1 aromatic carbocycles. The van der Waals surface area contributed by atoms with E-state index in [0.29, 0.717) is 36.4 Å². The van der Waals surface area contributed by atoms with Gasteiger partial charge in [-0.05, 0) is 51.5 Å². The molecule has 4 rings (SSSR count). The average Bonchev–Trinajstić information content (AvgIpc) is 2.72. The molecule has 1 spiro atoms. The molecule has 0 aliphatic carbocycles. The maximum Gasteiger partial charge on any atom is 0.525 e. The first-order valence-corrected chi connectivity index (χ1v) is 8.56. The average molecular weight is 349 g/mol. The smallest absolute Gasteiger partial charge is 0.484 e. The Morgan fingerprint density at radius 1 is 1.12 bits per heavy atom. The lowest BCUT2D eigenvalue weighted by Crippen LogP contribution is -2.64. The summed E-state index contributed by atoms with van der Waals surface area (Å²) in [6.45, 7) is 8.76. The van der Waals surface area contributed by atoms with Crippen LogP contribution < -0.4 is 10.1 Å². The number of hydrogen-bond donors (Lipinski definition) is 1. The summed E-state index contributed by atoms with van der Waals surface area (Å²) in [7, 11) is -1.10. The van der Waals surface area contributed by atoms with Crippen LogP contribution >= 0.6 is 0 Å². The van der Waals surface area contributed by atoms with Gasteiger partial charge in [-0.25, -0.2) is 8.78 Å². The van der Waals surface area contributed by atoms with Crippen molar-refractivity contribution in [2.24, 2.45) is 0 Å². The number of benzene rings is 1. The number of ether oxygens (including phenoxy) is 1. The van der Waals surface area contributed by atoms with E-state index in [1.165, 1.54) is 12.1 Å². The van der Waals surface area contributed by atoms with Crippen LogP contribution in [-0.2, 0) is 9.31 Å². The molecule has 0 aromatic heterocycles. The van der Waals surface area contributed by atoms with Gasteiger partial charge >= 0.3 is 7.12 Å². The molecule has 0 radical (unpaired) electrons. The minimum atomic E-state index is -1.10. The zero-order valence-electron chi connectivity index (χ0n) is 14.9. The van der Waals surface area contributed by atoms with Crippen LogP contribution in [0.25, 0.3) is 5.57 Å². The van der Waals surface area contributed by atoms with Crippen molar-refractivity contribution < 1.29 is 22.8 Å². The molecular weight excluding hydrogens is 327 g/mol. The Hall–Kier alpha value is -1.44. The van der Waals surface area contributed by atoms with Crippen molar-refractivity contribution in [1.82, 2.24) is 5.32 Å². The molecule has 4 nitrogen and oxygen atoms in total. The first-order chi connectivity index (χ1) is 11.6. The van der Waals surface area contributed by atoms with Crippen molar-refractivity contribution in [3.05, 3.63) is 35.3 Å². The molecule has 3 heterocycles. The fourth-order valence-electron chi connectivity index (χ4n) is 3.42. The lowest BCUT2D eigenvalue weighted by Gasteiger charge is -2.46. The van der Waals surface area contributed by atoms with E-state index in [0.717, 1.165) is 0 Å². The van der Waals surface area contributed by atoms with Crippen molar-refractivity contribution in [3.8, 4) is 5.75 Å². The second kappa shape index (κ2) is 5.28. The van der Waals surface area contributed by atoms with Crippen LogP contribution in [0.1, 0.15) is 39.7 Å². The highest BCUT2D eigenvalue weighted by atomic mass is 19.1. The lowest BCUT2D eigenvalue weighted by molar-refractivity contribution is 0.00578. The van der Waals surface area contributed by atoms with Crippen molar-refractivity contribution in [2.45, 2.75) is 50.9 Å². The summed E-state index contributed by atoms with van der Waals surface area (Å²) >= 11 is 0. The third-order valence-electron chi connectivity index (χ3n) is 5.73.